The smallest absolute Gasteiger partial charge is 0.0931 e. The Kier molecular flexibility index (Phi) is 4.51. The molecule has 0 spiro atoms. The van der Waals surface area contributed by atoms with Crippen LogP contribution in [-0.2, 0) is 0 Å². The van der Waals surface area contributed by atoms with E-state index >= 15 is 0 Å². The highest BCUT2D eigenvalue weighted by atomic mass is 35.5. The molecular formula is C16H24ClNS. The van der Waals surface area contributed by atoms with Crippen molar-refractivity contribution in [3.05, 3.63) is 21.3 Å². The monoisotopic (exact) mass is 297 g/mol. The van der Waals surface area contributed by atoms with Crippen molar-refractivity contribution in [1.29, 1.82) is 0 Å². The largest absolute Gasteiger partial charge is 0.309 e. The van der Waals surface area contributed by atoms with Gasteiger partial charge < -0.3 is 5.32 Å². The van der Waals surface area contributed by atoms with Crippen molar-refractivity contribution in [1.82, 2.24) is 5.32 Å². The van der Waals surface area contributed by atoms with E-state index in [2.05, 4.69) is 18.3 Å². The topological polar surface area (TPSA) is 12.0 Å². The van der Waals surface area contributed by atoms with Gasteiger partial charge in [-0.1, -0.05) is 24.9 Å². The zero-order valence-corrected chi connectivity index (χ0v) is 13.3. The number of hydrogen-bond acceptors (Lipinski definition) is 2. The Morgan fingerprint density at radius 2 is 2.26 bits per heavy atom. The van der Waals surface area contributed by atoms with Crippen molar-refractivity contribution in [2.75, 3.05) is 6.54 Å². The second kappa shape index (κ2) is 6.15. The van der Waals surface area contributed by atoms with Crippen molar-refractivity contribution in [3.63, 3.8) is 0 Å². The Labute approximate surface area is 125 Å². The summed E-state index contributed by atoms with van der Waals surface area (Å²) < 4.78 is 0.922. The van der Waals surface area contributed by atoms with Gasteiger partial charge in [0.15, 0.2) is 0 Å². The Morgan fingerprint density at radius 1 is 1.37 bits per heavy atom. The molecule has 2 aliphatic carbocycles. The molecule has 0 radical (unpaired) electrons. The molecule has 2 aliphatic rings. The second-order valence-corrected chi connectivity index (χ2v) is 8.07. The molecule has 0 saturated heterocycles. The summed E-state index contributed by atoms with van der Waals surface area (Å²) in [6, 6.07) is 4.79. The number of thiophene rings is 1. The number of nitrogens with one attached hydrogen (secondary N) is 1. The van der Waals surface area contributed by atoms with Crippen LogP contribution in [0.3, 0.4) is 0 Å². The van der Waals surface area contributed by atoms with Gasteiger partial charge >= 0.3 is 0 Å². The third-order valence-electron chi connectivity index (χ3n) is 5.00. The molecule has 19 heavy (non-hydrogen) atoms. The summed E-state index contributed by atoms with van der Waals surface area (Å²) in [7, 11) is 0. The van der Waals surface area contributed by atoms with Crippen LogP contribution in [0.5, 0.6) is 0 Å². The lowest BCUT2D eigenvalue weighted by Gasteiger charge is -2.27. The summed E-state index contributed by atoms with van der Waals surface area (Å²) in [5.41, 5.74) is 0. The fourth-order valence-corrected chi connectivity index (χ4v) is 5.25. The molecule has 1 nitrogen and oxygen atoms in total. The van der Waals surface area contributed by atoms with E-state index < -0.39 is 0 Å². The summed E-state index contributed by atoms with van der Waals surface area (Å²) in [5, 5.41) is 3.74. The van der Waals surface area contributed by atoms with Crippen molar-refractivity contribution in [2.24, 2.45) is 17.8 Å². The van der Waals surface area contributed by atoms with Crippen molar-refractivity contribution < 1.29 is 0 Å². The first-order chi connectivity index (χ1) is 9.26. The van der Waals surface area contributed by atoms with Gasteiger partial charge in [0.1, 0.15) is 0 Å². The highest BCUT2D eigenvalue weighted by molar-refractivity contribution is 7.16. The summed E-state index contributed by atoms with van der Waals surface area (Å²) in [4.78, 5) is 1.43. The predicted octanol–water partition coefficient (Wildman–Crippen LogP) is 5.27. The van der Waals surface area contributed by atoms with Crippen LogP contribution >= 0.6 is 22.9 Å². The predicted molar refractivity (Wildman–Crippen MR) is 83.9 cm³/mol. The lowest BCUT2D eigenvalue weighted by molar-refractivity contribution is 0.280. The molecule has 3 heteroatoms. The van der Waals surface area contributed by atoms with E-state index in [9.17, 15) is 0 Å². The summed E-state index contributed by atoms with van der Waals surface area (Å²) in [5.74, 6) is 3.02. The number of fused-ring (bicyclic) bond motifs is 2. The molecule has 0 aromatic carbocycles. The molecule has 1 heterocycles. The maximum Gasteiger partial charge on any atom is 0.0931 e. The summed E-state index contributed by atoms with van der Waals surface area (Å²) in [6.07, 6.45) is 8.49. The molecule has 2 fully saturated rings. The van der Waals surface area contributed by atoms with E-state index in [-0.39, 0.29) is 0 Å². The van der Waals surface area contributed by atoms with Crippen molar-refractivity contribution in [2.45, 2.75) is 51.5 Å². The maximum absolute atomic E-state index is 6.11. The van der Waals surface area contributed by atoms with Gasteiger partial charge in [0.2, 0.25) is 0 Å². The first-order valence-electron chi connectivity index (χ1n) is 7.75. The van der Waals surface area contributed by atoms with E-state index in [0.29, 0.717) is 6.04 Å². The van der Waals surface area contributed by atoms with Crippen LogP contribution in [0.2, 0.25) is 4.34 Å². The van der Waals surface area contributed by atoms with Crippen LogP contribution in [0.25, 0.3) is 0 Å². The Bertz CT molecular complexity index is 417. The Morgan fingerprint density at radius 3 is 2.84 bits per heavy atom. The average molecular weight is 298 g/mol. The van der Waals surface area contributed by atoms with Gasteiger partial charge in [0.05, 0.1) is 4.34 Å². The van der Waals surface area contributed by atoms with Crippen LogP contribution in [0.1, 0.15) is 56.4 Å². The van der Waals surface area contributed by atoms with Crippen molar-refractivity contribution >= 4 is 22.9 Å². The molecule has 1 N–H and O–H groups in total. The standard InChI is InChI=1S/C16H24ClNS/c1-2-7-18-14(15-5-6-16(17)19-15)10-13-9-11-3-4-12(13)8-11/h5-6,11-14,18H,2-4,7-10H2,1H3. The minimum absolute atomic E-state index is 0.529. The zero-order valence-electron chi connectivity index (χ0n) is 11.7. The highest BCUT2D eigenvalue weighted by Gasteiger charge is 2.40. The zero-order chi connectivity index (χ0) is 13.2. The van der Waals surface area contributed by atoms with Gasteiger partial charge in [0.25, 0.3) is 0 Å². The van der Waals surface area contributed by atoms with Gasteiger partial charge in [-0.25, -0.2) is 0 Å². The number of rotatable bonds is 6. The minimum Gasteiger partial charge on any atom is -0.309 e. The molecule has 4 unspecified atom stereocenters. The van der Waals surface area contributed by atoms with Crippen LogP contribution in [0, 0.1) is 17.8 Å². The maximum atomic E-state index is 6.11. The molecule has 2 bridgehead atoms. The van der Waals surface area contributed by atoms with Crippen LogP contribution in [0.4, 0.5) is 0 Å². The van der Waals surface area contributed by atoms with E-state index in [1.165, 1.54) is 43.4 Å². The molecule has 4 atom stereocenters. The van der Waals surface area contributed by atoms with Gasteiger partial charge in [-0.05, 0) is 68.5 Å². The molecule has 1 aromatic rings. The van der Waals surface area contributed by atoms with Crippen LogP contribution in [0.15, 0.2) is 12.1 Å². The van der Waals surface area contributed by atoms with E-state index in [1.807, 2.05) is 6.07 Å². The van der Waals surface area contributed by atoms with Gasteiger partial charge in [-0.2, -0.15) is 0 Å². The van der Waals surface area contributed by atoms with Gasteiger partial charge in [-0.15, -0.1) is 11.3 Å². The molecule has 2 saturated carbocycles. The first-order valence-corrected chi connectivity index (χ1v) is 8.94. The SMILES string of the molecule is CCCNC(CC1CC2CCC1C2)c1ccc(Cl)s1. The molecule has 0 aliphatic heterocycles. The quantitative estimate of drug-likeness (QED) is 0.754. The van der Waals surface area contributed by atoms with E-state index in [1.54, 1.807) is 11.3 Å². The van der Waals surface area contributed by atoms with Crippen molar-refractivity contribution in [3.8, 4) is 0 Å². The molecule has 0 amide bonds. The Balaban J connectivity index is 1.65. The fourth-order valence-electron chi connectivity index (χ4n) is 4.10. The third kappa shape index (κ3) is 3.17. The summed E-state index contributed by atoms with van der Waals surface area (Å²) in [6.45, 7) is 3.35. The molecule has 3 rings (SSSR count). The molecular weight excluding hydrogens is 274 g/mol. The van der Waals surface area contributed by atoms with Gasteiger partial charge in [0, 0.05) is 10.9 Å². The summed E-state index contributed by atoms with van der Waals surface area (Å²) >= 11 is 7.86. The lowest BCUT2D eigenvalue weighted by Crippen LogP contribution is -2.25. The molecule has 1 aromatic heterocycles. The fraction of sp³-hybridized carbons (Fsp3) is 0.750. The highest BCUT2D eigenvalue weighted by Crippen LogP contribution is 2.51. The van der Waals surface area contributed by atoms with E-state index in [4.69, 9.17) is 11.6 Å². The third-order valence-corrected chi connectivity index (χ3v) is 6.35. The van der Waals surface area contributed by atoms with Crippen LogP contribution < -0.4 is 5.32 Å². The first kappa shape index (κ1) is 13.9. The minimum atomic E-state index is 0.529. The second-order valence-electron chi connectivity index (χ2n) is 6.32. The Hall–Kier alpha value is -0.0500. The lowest BCUT2D eigenvalue weighted by atomic mass is 9.84. The van der Waals surface area contributed by atoms with E-state index in [0.717, 1.165) is 28.6 Å². The number of hydrogen-bond donors (Lipinski definition) is 1. The normalized spacial score (nSPS) is 30.9. The molecule has 106 valence electrons. The number of halogens is 1. The van der Waals surface area contributed by atoms with Gasteiger partial charge in [-0.3, -0.25) is 0 Å². The average Bonchev–Trinajstić information content (AvgIpc) is 3.10. The van der Waals surface area contributed by atoms with Crippen LogP contribution in [-0.4, -0.2) is 6.54 Å².